The molecule has 1 amide bonds. The fourth-order valence-electron chi connectivity index (χ4n) is 3.37. The molecule has 33 heavy (non-hydrogen) atoms. The molecule has 0 saturated heterocycles. The van der Waals surface area contributed by atoms with Crippen molar-refractivity contribution in [2.75, 3.05) is 0 Å². The first-order chi connectivity index (χ1) is 15.8. The fourth-order valence-corrected chi connectivity index (χ4v) is 4.32. The lowest BCUT2D eigenvalue weighted by Crippen LogP contribution is -2.30. The van der Waals surface area contributed by atoms with Gasteiger partial charge in [0.05, 0.1) is 16.6 Å². The fraction of sp³-hybridized carbons (Fsp3) is 0.160. The summed E-state index contributed by atoms with van der Waals surface area (Å²) in [7, 11) is 0. The van der Waals surface area contributed by atoms with Crippen LogP contribution in [0.3, 0.4) is 0 Å². The number of hydrogen-bond donors (Lipinski definition) is 1. The lowest BCUT2D eigenvalue weighted by Gasteiger charge is -2.14. The zero-order valence-electron chi connectivity index (χ0n) is 18.0. The summed E-state index contributed by atoms with van der Waals surface area (Å²) in [5, 5.41) is 3.43. The first-order valence-electron chi connectivity index (χ1n) is 10.3. The van der Waals surface area contributed by atoms with Crippen LogP contribution in [0.15, 0.2) is 76.7 Å². The number of thioether (sulfide) groups is 1. The van der Waals surface area contributed by atoms with Crippen LogP contribution < -0.4 is 10.9 Å². The highest BCUT2D eigenvalue weighted by atomic mass is 32.2. The van der Waals surface area contributed by atoms with E-state index >= 15 is 0 Å². The molecule has 0 atom stereocenters. The molecule has 0 aliphatic carbocycles. The number of nitrogens with zero attached hydrogens (tertiary/aromatic N) is 2. The Hall–Kier alpha value is -3.52. The third kappa shape index (κ3) is 5.12. The molecule has 0 aliphatic heterocycles. The number of benzene rings is 3. The minimum Gasteiger partial charge on any atom is -0.350 e. The minimum atomic E-state index is -0.485. The minimum absolute atomic E-state index is 0.0421. The normalized spacial score (nSPS) is 11.2. The van der Waals surface area contributed by atoms with Crippen LogP contribution in [0.2, 0.25) is 0 Å². The summed E-state index contributed by atoms with van der Waals surface area (Å²) in [6.45, 7) is 3.71. The van der Waals surface area contributed by atoms with Crippen LogP contribution in [0.4, 0.5) is 8.78 Å². The van der Waals surface area contributed by atoms with Crippen LogP contribution in [0.1, 0.15) is 29.8 Å². The molecule has 0 unspecified atom stereocenters. The Bertz CT molecular complexity index is 1400. The van der Waals surface area contributed by atoms with E-state index in [9.17, 15) is 18.4 Å². The van der Waals surface area contributed by atoms with Crippen molar-refractivity contribution < 1.29 is 13.6 Å². The van der Waals surface area contributed by atoms with Crippen molar-refractivity contribution in [3.63, 3.8) is 0 Å². The maximum atomic E-state index is 13.9. The molecular formula is C25H21F2N3O2S. The third-order valence-electron chi connectivity index (χ3n) is 4.84. The summed E-state index contributed by atoms with van der Waals surface area (Å²) in [6.07, 6.45) is 0. The van der Waals surface area contributed by atoms with E-state index in [-0.39, 0.29) is 23.3 Å². The van der Waals surface area contributed by atoms with Crippen LogP contribution in [-0.4, -0.2) is 21.5 Å². The van der Waals surface area contributed by atoms with Gasteiger partial charge >= 0.3 is 0 Å². The van der Waals surface area contributed by atoms with Crippen LogP contribution in [0.5, 0.6) is 0 Å². The molecule has 0 aliphatic rings. The predicted octanol–water partition coefficient (Wildman–Crippen LogP) is 5.09. The van der Waals surface area contributed by atoms with Gasteiger partial charge in [-0.05, 0) is 67.9 Å². The van der Waals surface area contributed by atoms with Crippen molar-refractivity contribution in [2.24, 2.45) is 0 Å². The Morgan fingerprint density at radius 2 is 1.76 bits per heavy atom. The molecule has 0 radical (unpaired) electrons. The van der Waals surface area contributed by atoms with Gasteiger partial charge < -0.3 is 5.32 Å². The predicted molar refractivity (Wildman–Crippen MR) is 126 cm³/mol. The quantitative estimate of drug-likeness (QED) is 0.318. The van der Waals surface area contributed by atoms with E-state index in [1.807, 2.05) is 13.8 Å². The van der Waals surface area contributed by atoms with Gasteiger partial charge in [0.2, 0.25) is 0 Å². The number of fused-ring (bicyclic) bond motifs is 1. The number of halogens is 2. The maximum Gasteiger partial charge on any atom is 0.266 e. The van der Waals surface area contributed by atoms with Crippen molar-refractivity contribution in [1.82, 2.24) is 14.9 Å². The Kier molecular flexibility index (Phi) is 6.55. The van der Waals surface area contributed by atoms with E-state index in [0.717, 1.165) is 0 Å². The topological polar surface area (TPSA) is 64.0 Å². The number of amides is 1. The van der Waals surface area contributed by atoms with Crippen LogP contribution >= 0.6 is 11.8 Å². The number of carbonyl (C=O) groups excluding carboxylic acids is 1. The second-order valence-corrected chi connectivity index (χ2v) is 8.74. The highest BCUT2D eigenvalue weighted by Crippen LogP contribution is 2.25. The Morgan fingerprint density at radius 3 is 2.45 bits per heavy atom. The Balaban J connectivity index is 1.84. The van der Waals surface area contributed by atoms with E-state index in [1.54, 1.807) is 36.4 Å². The van der Waals surface area contributed by atoms with Gasteiger partial charge in [0, 0.05) is 17.4 Å². The molecule has 4 aromatic rings. The molecule has 8 heteroatoms. The molecule has 168 valence electrons. The molecule has 1 N–H and O–H groups in total. The second-order valence-electron chi connectivity index (χ2n) is 7.79. The van der Waals surface area contributed by atoms with Gasteiger partial charge in [-0.15, -0.1) is 0 Å². The molecule has 1 heterocycles. The van der Waals surface area contributed by atoms with Crippen LogP contribution in [0, 0.1) is 11.6 Å². The summed E-state index contributed by atoms with van der Waals surface area (Å²) < 4.78 is 28.9. The first-order valence-corrected chi connectivity index (χ1v) is 11.3. The average molecular weight is 466 g/mol. The van der Waals surface area contributed by atoms with Gasteiger partial charge in [-0.2, -0.15) is 0 Å². The largest absolute Gasteiger partial charge is 0.350 e. The highest BCUT2D eigenvalue weighted by molar-refractivity contribution is 7.98. The maximum absolute atomic E-state index is 13.9. The van der Waals surface area contributed by atoms with Gasteiger partial charge in [0.25, 0.3) is 11.5 Å². The van der Waals surface area contributed by atoms with Crippen molar-refractivity contribution in [3.05, 3.63) is 99.8 Å². The van der Waals surface area contributed by atoms with Crippen LogP contribution in [0.25, 0.3) is 16.6 Å². The molecule has 0 bridgehead atoms. The summed E-state index contributed by atoms with van der Waals surface area (Å²) in [6, 6.07) is 16.5. The van der Waals surface area contributed by atoms with Crippen molar-refractivity contribution in [1.29, 1.82) is 0 Å². The average Bonchev–Trinajstić information content (AvgIpc) is 2.77. The molecular weight excluding hydrogens is 444 g/mol. The zero-order valence-corrected chi connectivity index (χ0v) is 18.8. The summed E-state index contributed by atoms with van der Waals surface area (Å²) >= 11 is 1.23. The van der Waals surface area contributed by atoms with E-state index in [2.05, 4.69) is 10.3 Å². The Morgan fingerprint density at radius 1 is 1.03 bits per heavy atom. The van der Waals surface area contributed by atoms with Gasteiger partial charge in [-0.3, -0.25) is 14.2 Å². The lowest BCUT2D eigenvalue weighted by molar-refractivity contribution is 0.0943. The Labute approximate surface area is 193 Å². The number of nitrogens with one attached hydrogen (secondary N) is 1. The lowest BCUT2D eigenvalue weighted by atomic mass is 10.1. The summed E-state index contributed by atoms with van der Waals surface area (Å²) in [5.74, 6) is -0.764. The molecule has 0 fully saturated rings. The molecule has 3 aromatic carbocycles. The van der Waals surface area contributed by atoms with Gasteiger partial charge in [0.1, 0.15) is 11.6 Å². The number of rotatable bonds is 6. The number of aromatic nitrogens is 2. The molecule has 1 aromatic heterocycles. The van der Waals surface area contributed by atoms with Crippen LogP contribution in [-0.2, 0) is 5.75 Å². The molecule has 0 saturated carbocycles. The van der Waals surface area contributed by atoms with E-state index < -0.39 is 5.82 Å². The van der Waals surface area contributed by atoms with E-state index in [0.29, 0.717) is 38.6 Å². The van der Waals surface area contributed by atoms with Gasteiger partial charge in [-0.25, -0.2) is 13.8 Å². The van der Waals surface area contributed by atoms with Gasteiger partial charge in [0.15, 0.2) is 5.16 Å². The van der Waals surface area contributed by atoms with E-state index in [4.69, 9.17) is 0 Å². The summed E-state index contributed by atoms with van der Waals surface area (Å²) in [4.78, 5) is 30.5. The second kappa shape index (κ2) is 9.54. The molecule has 0 spiro atoms. The SMILES string of the molecule is CC(C)NC(=O)c1ccc2c(=O)n(-c3cccc(F)c3)c(SCc3cccc(F)c3)nc2c1. The van der Waals surface area contributed by atoms with Crippen molar-refractivity contribution >= 4 is 28.6 Å². The van der Waals surface area contributed by atoms with Crippen molar-refractivity contribution in [2.45, 2.75) is 30.8 Å². The summed E-state index contributed by atoms with van der Waals surface area (Å²) in [5.41, 5.74) is 1.39. The van der Waals surface area contributed by atoms with Gasteiger partial charge in [-0.1, -0.05) is 30.0 Å². The number of hydrogen-bond acceptors (Lipinski definition) is 4. The molecule has 4 rings (SSSR count). The molecule has 5 nitrogen and oxygen atoms in total. The highest BCUT2D eigenvalue weighted by Gasteiger charge is 2.16. The van der Waals surface area contributed by atoms with E-state index in [1.165, 1.54) is 46.7 Å². The monoisotopic (exact) mass is 465 g/mol. The zero-order chi connectivity index (χ0) is 23.5. The first kappa shape index (κ1) is 22.7. The number of carbonyl (C=O) groups is 1. The smallest absolute Gasteiger partial charge is 0.266 e. The third-order valence-corrected chi connectivity index (χ3v) is 5.85. The standard InChI is InChI=1S/C25H21F2N3O2S/c1-15(2)28-23(31)17-9-10-21-22(12-17)29-25(33-14-16-5-3-6-18(26)11-16)30(24(21)32)20-8-4-7-19(27)13-20/h3-13,15H,14H2,1-2H3,(H,28,31). The van der Waals surface area contributed by atoms with Crippen molar-refractivity contribution in [3.8, 4) is 5.69 Å².